The summed E-state index contributed by atoms with van der Waals surface area (Å²) in [6.07, 6.45) is 0. The Morgan fingerprint density at radius 3 is 2.14 bits per heavy atom. The molecule has 2 rings (SSSR count). The van der Waals surface area contributed by atoms with Crippen molar-refractivity contribution >= 4 is 30.8 Å². The van der Waals surface area contributed by atoms with Crippen LogP contribution < -0.4 is 0 Å². The first kappa shape index (κ1) is 16.4. The summed E-state index contributed by atoms with van der Waals surface area (Å²) in [6, 6.07) is 2.19. The van der Waals surface area contributed by atoms with Crippen molar-refractivity contribution in [3.63, 3.8) is 0 Å². The molecule has 0 atom stereocenters. The smallest absolute Gasteiger partial charge is 0.374 e. The molecule has 0 aromatic carbocycles. The molecule has 0 unspecified atom stereocenters. The van der Waals surface area contributed by atoms with E-state index in [2.05, 4.69) is 18.1 Å². The van der Waals surface area contributed by atoms with E-state index in [0.717, 1.165) is 27.4 Å². The minimum Gasteiger partial charge on any atom is -0.565 e. The molecule has 2 radical (unpaired) electrons. The second-order valence-corrected chi connectivity index (χ2v) is 6.58. The van der Waals surface area contributed by atoms with Gasteiger partial charge < -0.3 is 4.65 Å². The van der Waals surface area contributed by atoms with E-state index < -0.39 is 0 Å². The highest BCUT2D eigenvalue weighted by molar-refractivity contribution is 7.13. The van der Waals surface area contributed by atoms with E-state index in [9.17, 15) is 5.26 Å². The number of allylic oxidation sites excluding steroid dienone is 1. The van der Waals surface area contributed by atoms with Gasteiger partial charge in [0, 0.05) is 10.6 Å². The SMILES string of the molecule is [B]OC(=C(C#N)n1nc(C)c(C)c1C)c1sc(C)c(C)c1C. The predicted molar refractivity (Wildman–Crippen MR) is 90.5 cm³/mol. The van der Waals surface area contributed by atoms with Crippen molar-refractivity contribution in [1.29, 1.82) is 5.26 Å². The molecule has 2 heterocycles. The van der Waals surface area contributed by atoms with Crippen LogP contribution in [0.5, 0.6) is 0 Å². The molecule has 0 saturated carbocycles. The average molecular weight is 311 g/mol. The number of aromatic nitrogens is 2. The second kappa shape index (κ2) is 6.01. The average Bonchev–Trinajstić information content (AvgIpc) is 2.90. The molecular weight excluding hydrogens is 293 g/mol. The number of nitriles is 1. The summed E-state index contributed by atoms with van der Waals surface area (Å²) in [5.74, 6) is 0.367. The predicted octanol–water partition coefficient (Wildman–Crippen LogP) is 3.74. The van der Waals surface area contributed by atoms with Gasteiger partial charge in [-0.2, -0.15) is 10.4 Å². The van der Waals surface area contributed by atoms with E-state index in [1.165, 1.54) is 10.4 Å². The van der Waals surface area contributed by atoms with E-state index in [1.54, 1.807) is 16.0 Å². The minimum atomic E-state index is 0.306. The van der Waals surface area contributed by atoms with Crippen LogP contribution in [-0.4, -0.2) is 17.8 Å². The van der Waals surface area contributed by atoms with Crippen molar-refractivity contribution in [2.45, 2.75) is 41.5 Å². The van der Waals surface area contributed by atoms with Gasteiger partial charge in [-0.05, 0) is 58.2 Å². The number of aryl methyl sites for hydroxylation is 2. The van der Waals surface area contributed by atoms with Gasteiger partial charge in [0.25, 0.3) is 0 Å². The van der Waals surface area contributed by atoms with Gasteiger partial charge in [-0.1, -0.05) is 0 Å². The van der Waals surface area contributed by atoms with E-state index >= 15 is 0 Å². The lowest BCUT2D eigenvalue weighted by Gasteiger charge is -2.11. The fraction of sp³-hybridized carbons (Fsp3) is 0.375. The standard InChI is InChI=1S/C16H18BN3OS/c1-8-9(2)16(22-13(8)6)15(21-17)14(7-18)20-12(5)10(3)11(4)19-20/h1-6H3. The molecule has 0 fully saturated rings. The van der Waals surface area contributed by atoms with Gasteiger partial charge in [0.1, 0.15) is 6.07 Å². The van der Waals surface area contributed by atoms with E-state index in [0.29, 0.717) is 11.5 Å². The van der Waals surface area contributed by atoms with Gasteiger partial charge in [0.05, 0.1) is 10.6 Å². The van der Waals surface area contributed by atoms with Crippen LogP contribution in [0.3, 0.4) is 0 Å². The van der Waals surface area contributed by atoms with Crippen molar-refractivity contribution in [2.24, 2.45) is 0 Å². The summed E-state index contributed by atoms with van der Waals surface area (Å²) in [7, 11) is 5.50. The van der Waals surface area contributed by atoms with Crippen LogP contribution in [0.1, 0.15) is 37.8 Å². The largest absolute Gasteiger partial charge is 0.565 e. The minimum absolute atomic E-state index is 0.306. The van der Waals surface area contributed by atoms with Crippen LogP contribution in [0.15, 0.2) is 0 Å². The Morgan fingerprint density at radius 1 is 1.14 bits per heavy atom. The summed E-state index contributed by atoms with van der Waals surface area (Å²) in [6.45, 7) is 11.9. The fourth-order valence-corrected chi connectivity index (χ4v) is 3.46. The van der Waals surface area contributed by atoms with E-state index in [1.807, 2.05) is 34.6 Å². The highest BCUT2D eigenvalue weighted by atomic mass is 32.1. The summed E-state index contributed by atoms with van der Waals surface area (Å²) in [5.41, 5.74) is 5.42. The molecule has 0 N–H and O–H groups in total. The van der Waals surface area contributed by atoms with Crippen molar-refractivity contribution in [2.75, 3.05) is 0 Å². The van der Waals surface area contributed by atoms with Gasteiger partial charge in [0.15, 0.2) is 11.5 Å². The molecule has 0 bridgehead atoms. The zero-order valence-electron chi connectivity index (χ0n) is 13.7. The molecule has 22 heavy (non-hydrogen) atoms. The van der Waals surface area contributed by atoms with Gasteiger partial charge in [0.2, 0.25) is 0 Å². The van der Waals surface area contributed by atoms with Crippen LogP contribution >= 0.6 is 11.3 Å². The monoisotopic (exact) mass is 311 g/mol. The van der Waals surface area contributed by atoms with Crippen LogP contribution in [0, 0.1) is 52.9 Å². The Bertz CT molecular complexity index is 808. The number of nitrogens with zero attached hydrogens (tertiary/aromatic N) is 3. The van der Waals surface area contributed by atoms with E-state index in [4.69, 9.17) is 12.7 Å². The number of thiophene rings is 1. The van der Waals surface area contributed by atoms with Crippen LogP contribution in [0.4, 0.5) is 0 Å². The molecule has 112 valence electrons. The van der Waals surface area contributed by atoms with Crippen molar-refractivity contribution in [3.8, 4) is 6.07 Å². The molecule has 0 spiro atoms. The van der Waals surface area contributed by atoms with Crippen LogP contribution in [-0.2, 0) is 4.65 Å². The zero-order chi connectivity index (χ0) is 16.6. The molecule has 6 heteroatoms. The van der Waals surface area contributed by atoms with Crippen molar-refractivity contribution < 1.29 is 4.65 Å². The molecule has 0 amide bonds. The summed E-state index contributed by atoms with van der Waals surface area (Å²) in [4.78, 5) is 2.06. The number of hydrogen-bond acceptors (Lipinski definition) is 4. The second-order valence-electron chi connectivity index (χ2n) is 5.35. The van der Waals surface area contributed by atoms with Crippen LogP contribution in [0.25, 0.3) is 11.5 Å². The van der Waals surface area contributed by atoms with Crippen LogP contribution in [0.2, 0.25) is 0 Å². The van der Waals surface area contributed by atoms with Gasteiger partial charge >= 0.3 is 8.05 Å². The maximum absolute atomic E-state index is 9.63. The summed E-state index contributed by atoms with van der Waals surface area (Å²) >= 11 is 1.57. The third-order valence-corrected chi connectivity index (χ3v) is 5.50. The number of rotatable bonds is 3. The first-order valence-corrected chi connectivity index (χ1v) is 7.76. The quantitative estimate of drug-likeness (QED) is 0.493. The van der Waals surface area contributed by atoms with Gasteiger partial charge in [-0.25, -0.2) is 4.68 Å². The first-order valence-electron chi connectivity index (χ1n) is 6.94. The molecule has 0 aliphatic carbocycles. The highest BCUT2D eigenvalue weighted by Crippen LogP contribution is 2.35. The Kier molecular flexibility index (Phi) is 4.48. The maximum Gasteiger partial charge on any atom is 0.374 e. The number of hydrogen-bond donors (Lipinski definition) is 0. The normalized spacial score (nSPS) is 12.0. The van der Waals surface area contributed by atoms with Gasteiger partial charge in [-0.3, -0.25) is 0 Å². The van der Waals surface area contributed by atoms with Crippen molar-refractivity contribution in [3.05, 3.63) is 37.8 Å². The lowest BCUT2D eigenvalue weighted by Crippen LogP contribution is -2.05. The lowest BCUT2D eigenvalue weighted by atomic mass is 10.1. The Labute approximate surface area is 136 Å². The Morgan fingerprint density at radius 2 is 1.77 bits per heavy atom. The molecule has 0 aliphatic rings. The first-order chi connectivity index (χ1) is 10.3. The zero-order valence-corrected chi connectivity index (χ0v) is 14.6. The Hall–Kier alpha value is -2.00. The van der Waals surface area contributed by atoms with Gasteiger partial charge in [-0.15, -0.1) is 11.3 Å². The molecule has 2 aromatic rings. The topological polar surface area (TPSA) is 50.8 Å². The molecular formula is C16H18BN3OS. The molecule has 4 nitrogen and oxygen atoms in total. The summed E-state index contributed by atoms with van der Waals surface area (Å²) < 4.78 is 6.71. The maximum atomic E-state index is 9.63. The third-order valence-electron chi connectivity index (χ3n) is 4.20. The molecule has 2 aromatic heterocycles. The Balaban J connectivity index is 2.77. The lowest BCUT2D eigenvalue weighted by molar-refractivity contribution is 0.571. The summed E-state index contributed by atoms with van der Waals surface area (Å²) in [5, 5.41) is 14.1. The third kappa shape index (κ3) is 2.46. The molecule has 0 aliphatic heterocycles. The van der Waals surface area contributed by atoms with E-state index in [-0.39, 0.29) is 0 Å². The fourth-order valence-electron chi connectivity index (χ4n) is 2.31. The highest BCUT2D eigenvalue weighted by Gasteiger charge is 2.21. The molecule has 0 saturated heterocycles. The van der Waals surface area contributed by atoms with Crippen molar-refractivity contribution in [1.82, 2.24) is 9.78 Å².